The lowest BCUT2D eigenvalue weighted by molar-refractivity contribution is -0.166. The van der Waals surface area contributed by atoms with Crippen LogP contribution in [0.5, 0.6) is 0 Å². The van der Waals surface area contributed by atoms with Crippen molar-refractivity contribution in [3.8, 4) is 0 Å². The van der Waals surface area contributed by atoms with Crippen LogP contribution in [-0.4, -0.2) is 37.2 Å². The third kappa shape index (κ3) is 54.1. The molecule has 68 heavy (non-hydrogen) atoms. The van der Waals surface area contributed by atoms with Gasteiger partial charge in [-0.15, -0.1) is 0 Å². The highest BCUT2D eigenvalue weighted by Gasteiger charge is 2.19. The summed E-state index contributed by atoms with van der Waals surface area (Å²) in [5.74, 6) is -1.03. The third-order valence-corrected chi connectivity index (χ3v) is 12.8. The summed E-state index contributed by atoms with van der Waals surface area (Å²) in [6.07, 6.45) is 71.2. The fourth-order valence-corrected chi connectivity index (χ4v) is 8.46. The molecule has 0 amide bonds. The molecule has 0 aromatic carbocycles. The molecular formula is C62H110O6. The zero-order valence-corrected chi connectivity index (χ0v) is 45.1. The number of carbonyl (C=O) groups excluding carboxylic acids is 3. The summed E-state index contributed by atoms with van der Waals surface area (Å²) in [5.41, 5.74) is 0. The van der Waals surface area contributed by atoms with Crippen LogP contribution < -0.4 is 0 Å². The maximum absolute atomic E-state index is 12.8. The number of rotatable bonds is 53. The van der Waals surface area contributed by atoms with Gasteiger partial charge in [0.1, 0.15) is 13.2 Å². The van der Waals surface area contributed by atoms with Crippen LogP contribution in [0.4, 0.5) is 0 Å². The Kier molecular flexibility index (Phi) is 54.3. The largest absolute Gasteiger partial charge is 0.462 e. The van der Waals surface area contributed by atoms with E-state index in [-0.39, 0.29) is 31.6 Å². The predicted octanol–water partition coefficient (Wildman–Crippen LogP) is 19.6. The number of allylic oxidation sites excluding steroid dienone is 9. The van der Waals surface area contributed by atoms with Gasteiger partial charge in [-0.25, -0.2) is 0 Å². The van der Waals surface area contributed by atoms with Crippen molar-refractivity contribution in [2.24, 2.45) is 0 Å². The molecule has 0 aromatic rings. The van der Waals surface area contributed by atoms with Gasteiger partial charge in [-0.1, -0.05) is 293 Å². The Bertz CT molecular complexity index is 1230. The molecule has 0 radical (unpaired) electrons. The number of esters is 3. The van der Waals surface area contributed by atoms with Crippen molar-refractivity contribution in [3.63, 3.8) is 0 Å². The van der Waals surface area contributed by atoms with Crippen molar-refractivity contribution in [1.29, 1.82) is 0 Å². The highest BCUT2D eigenvalue weighted by Crippen LogP contribution is 2.17. The van der Waals surface area contributed by atoms with Crippen molar-refractivity contribution in [1.82, 2.24) is 0 Å². The van der Waals surface area contributed by atoms with Crippen LogP contribution in [0.2, 0.25) is 0 Å². The van der Waals surface area contributed by atoms with E-state index in [2.05, 4.69) is 69.4 Å². The molecule has 0 spiro atoms. The van der Waals surface area contributed by atoms with Crippen molar-refractivity contribution < 1.29 is 28.6 Å². The van der Waals surface area contributed by atoms with Gasteiger partial charge in [0.2, 0.25) is 0 Å². The molecule has 0 aromatic heterocycles. The molecule has 1 unspecified atom stereocenters. The Morgan fingerprint density at radius 2 is 0.559 bits per heavy atom. The molecule has 0 saturated heterocycles. The monoisotopic (exact) mass is 951 g/mol. The average molecular weight is 952 g/mol. The second-order valence-electron chi connectivity index (χ2n) is 19.6. The molecule has 0 bridgehead atoms. The number of hydrogen-bond acceptors (Lipinski definition) is 6. The van der Waals surface area contributed by atoms with Gasteiger partial charge in [-0.2, -0.15) is 0 Å². The van der Waals surface area contributed by atoms with E-state index >= 15 is 0 Å². The second kappa shape index (κ2) is 56.7. The molecule has 0 aliphatic heterocycles. The molecule has 0 heterocycles. The van der Waals surface area contributed by atoms with Gasteiger partial charge in [-0.3, -0.25) is 14.4 Å². The maximum atomic E-state index is 12.8. The Morgan fingerprint density at radius 1 is 0.309 bits per heavy atom. The summed E-state index contributed by atoms with van der Waals surface area (Å²) < 4.78 is 16.7. The lowest BCUT2D eigenvalue weighted by Crippen LogP contribution is -2.30. The normalized spacial score (nSPS) is 12.5. The summed E-state index contributed by atoms with van der Waals surface area (Å²) in [6.45, 7) is 6.46. The first-order chi connectivity index (χ1) is 33.5. The summed E-state index contributed by atoms with van der Waals surface area (Å²) in [5, 5.41) is 0. The van der Waals surface area contributed by atoms with E-state index in [9.17, 15) is 14.4 Å². The van der Waals surface area contributed by atoms with Crippen LogP contribution in [0.15, 0.2) is 60.8 Å². The Hall–Kier alpha value is -2.89. The zero-order chi connectivity index (χ0) is 49.3. The molecule has 6 heteroatoms. The van der Waals surface area contributed by atoms with Crippen LogP contribution >= 0.6 is 0 Å². The lowest BCUT2D eigenvalue weighted by Gasteiger charge is -2.18. The minimum atomic E-state index is -0.824. The van der Waals surface area contributed by atoms with Gasteiger partial charge in [0.15, 0.2) is 6.10 Å². The number of ether oxygens (including phenoxy) is 3. The molecular weight excluding hydrogens is 841 g/mol. The first-order valence-electron chi connectivity index (χ1n) is 29.3. The van der Waals surface area contributed by atoms with E-state index in [0.717, 1.165) is 70.6 Å². The number of carbonyl (C=O) groups is 3. The summed E-state index contributed by atoms with van der Waals surface area (Å²) in [6, 6.07) is 0. The minimum Gasteiger partial charge on any atom is -0.462 e. The van der Waals surface area contributed by atoms with Crippen LogP contribution in [-0.2, 0) is 28.6 Å². The third-order valence-electron chi connectivity index (χ3n) is 12.8. The highest BCUT2D eigenvalue weighted by molar-refractivity contribution is 5.72. The van der Waals surface area contributed by atoms with Gasteiger partial charge < -0.3 is 14.2 Å². The van der Waals surface area contributed by atoms with Crippen molar-refractivity contribution in [2.75, 3.05) is 13.2 Å². The molecule has 1 atom stereocenters. The summed E-state index contributed by atoms with van der Waals surface area (Å²) >= 11 is 0. The van der Waals surface area contributed by atoms with E-state index in [0.29, 0.717) is 12.8 Å². The number of hydrogen-bond donors (Lipinski definition) is 0. The van der Waals surface area contributed by atoms with Gasteiger partial charge >= 0.3 is 17.9 Å². The first-order valence-corrected chi connectivity index (χ1v) is 29.3. The van der Waals surface area contributed by atoms with Crippen LogP contribution in [0.3, 0.4) is 0 Å². The summed E-state index contributed by atoms with van der Waals surface area (Å²) in [4.78, 5) is 38.0. The van der Waals surface area contributed by atoms with Crippen molar-refractivity contribution in [2.45, 2.75) is 303 Å². The average Bonchev–Trinajstić information content (AvgIpc) is 3.34. The highest BCUT2D eigenvalue weighted by atomic mass is 16.6. The van der Waals surface area contributed by atoms with E-state index < -0.39 is 12.1 Å². The molecule has 0 saturated carbocycles. The van der Waals surface area contributed by atoms with E-state index in [1.807, 2.05) is 6.08 Å². The topological polar surface area (TPSA) is 78.9 Å². The predicted molar refractivity (Wildman–Crippen MR) is 293 cm³/mol. The van der Waals surface area contributed by atoms with Gasteiger partial charge in [-0.05, 0) is 44.9 Å². The molecule has 6 nitrogen and oxygen atoms in total. The SMILES string of the molecule is CC/C=C\C/C=C\C/C=C\C/C=C\C/C=C\CC(=O)OC(COC(=O)CCCCCCCCCCCC)COC(=O)CCCCCCCCCCCCCCCCCCCCCCCCCCC. The van der Waals surface area contributed by atoms with E-state index in [4.69, 9.17) is 14.2 Å². The second-order valence-corrected chi connectivity index (χ2v) is 19.6. The van der Waals surface area contributed by atoms with Crippen LogP contribution in [0.25, 0.3) is 0 Å². The Morgan fingerprint density at radius 3 is 0.838 bits per heavy atom. The van der Waals surface area contributed by atoms with E-state index in [1.165, 1.54) is 186 Å². The molecule has 0 aliphatic rings. The lowest BCUT2D eigenvalue weighted by atomic mass is 10.0. The Balaban J connectivity index is 4.25. The molecule has 394 valence electrons. The van der Waals surface area contributed by atoms with Crippen LogP contribution in [0.1, 0.15) is 297 Å². The zero-order valence-electron chi connectivity index (χ0n) is 45.1. The minimum absolute atomic E-state index is 0.101. The van der Waals surface area contributed by atoms with Gasteiger partial charge in [0, 0.05) is 12.8 Å². The molecule has 0 fully saturated rings. The van der Waals surface area contributed by atoms with Crippen molar-refractivity contribution >= 4 is 17.9 Å². The first kappa shape index (κ1) is 65.1. The smallest absolute Gasteiger partial charge is 0.310 e. The molecule has 0 N–H and O–H groups in total. The quantitative estimate of drug-likeness (QED) is 0.0262. The summed E-state index contributed by atoms with van der Waals surface area (Å²) in [7, 11) is 0. The van der Waals surface area contributed by atoms with Crippen LogP contribution in [0, 0.1) is 0 Å². The van der Waals surface area contributed by atoms with Gasteiger partial charge in [0.05, 0.1) is 6.42 Å². The standard InChI is InChI=1S/C62H110O6/c1-4-7-10-13-16-19-22-24-26-27-28-29-30-31-32-33-34-35-37-38-40-43-46-49-52-55-61(64)67-58-59(57-66-60(63)54-51-48-45-42-21-18-15-12-9-6-3)68-62(65)56-53-50-47-44-41-39-36-25-23-20-17-14-11-8-5-2/h8,11,17,20,25,36,41,44,50,53,59H,4-7,9-10,12-16,18-19,21-24,26-35,37-40,42-43,45-49,51-52,54-58H2,1-3H3/b11-8-,20-17-,36-25-,44-41-,53-50-. The molecule has 0 rings (SSSR count). The maximum Gasteiger partial charge on any atom is 0.310 e. The van der Waals surface area contributed by atoms with Gasteiger partial charge in [0.25, 0.3) is 0 Å². The molecule has 0 aliphatic carbocycles. The number of unbranched alkanes of at least 4 members (excludes halogenated alkanes) is 33. The Labute approximate surface area is 421 Å². The van der Waals surface area contributed by atoms with Crippen molar-refractivity contribution in [3.05, 3.63) is 60.8 Å². The fourth-order valence-electron chi connectivity index (χ4n) is 8.46. The van der Waals surface area contributed by atoms with E-state index in [1.54, 1.807) is 6.08 Å². The fraction of sp³-hybridized carbons (Fsp3) is 0.790.